The van der Waals surface area contributed by atoms with Crippen LogP contribution in [0.3, 0.4) is 0 Å². The smallest absolute Gasteiger partial charge is 0.326 e. The monoisotopic (exact) mass is 419 g/mol. The lowest BCUT2D eigenvalue weighted by atomic mass is 9.97. The Labute approximate surface area is 167 Å². The highest BCUT2D eigenvalue weighted by molar-refractivity contribution is 5.95. The molecule has 5 atom stereocenters. The van der Waals surface area contributed by atoms with E-state index in [9.17, 15) is 29.1 Å². The minimum Gasteiger partial charge on any atom is -0.480 e. The number of carbonyl (C=O) groups excluding carboxylic acids is 4. The molecule has 0 aromatic rings. The van der Waals surface area contributed by atoms with Crippen LogP contribution in [0.25, 0.3) is 0 Å². The van der Waals surface area contributed by atoms with Gasteiger partial charge in [-0.1, -0.05) is 20.3 Å². The molecule has 4 amide bonds. The van der Waals surface area contributed by atoms with Crippen molar-refractivity contribution in [1.82, 2.24) is 16.0 Å². The Hall–Kier alpha value is -2.77. The van der Waals surface area contributed by atoms with E-state index >= 15 is 0 Å². The molecule has 29 heavy (non-hydrogen) atoms. The standard InChI is InChI=1S/C16H29N5O8/c1-3-7(2)12(15(27)19-9(16(28)29)4-11(18)24)21-14(26)10(6-23)20-13(25)8(17)5-22/h7-10,12,22-23H,3-6,17H2,1-2H3,(H2,18,24)(H,19,27)(H,20,25)(H,21,26)(H,28,29). The number of carboxylic acids is 1. The molecule has 0 aliphatic heterocycles. The van der Waals surface area contributed by atoms with Gasteiger partial charge < -0.3 is 42.7 Å². The Morgan fingerprint density at radius 2 is 1.45 bits per heavy atom. The lowest BCUT2D eigenvalue weighted by Gasteiger charge is -2.27. The molecule has 0 bridgehead atoms. The van der Waals surface area contributed by atoms with E-state index < -0.39 is 79.3 Å². The van der Waals surface area contributed by atoms with Gasteiger partial charge in [0.15, 0.2) is 0 Å². The van der Waals surface area contributed by atoms with Crippen molar-refractivity contribution in [3.8, 4) is 0 Å². The molecular weight excluding hydrogens is 390 g/mol. The minimum absolute atomic E-state index is 0.414. The van der Waals surface area contributed by atoms with E-state index in [1.807, 2.05) is 0 Å². The van der Waals surface area contributed by atoms with Gasteiger partial charge in [-0.25, -0.2) is 4.79 Å². The van der Waals surface area contributed by atoms with Crippen molar-refractivity contribution in [3.05, 3.63) is 0 Å². The second kappa shape index (κ2) is 12.6. The third-order valence-electron chi connectivity index (χ3n) is 4.16. The number of aliphatic carboxylic acids is 1. The topological polar surface area (TPSA) is 234 Å². The zero-order chi connectivity index (χ0) is 22.7. The second-order valence-electron chi connectivity index (χ2n) is 6.47. The van der Waals surface area contributed by atoms with Crippen molar-refractivity contribution in [2.24, 2.45) is 17.4 Å². The molecular formula is C16H29N5O8. The van der Waals surface area contributed by atoms with Crippen LogP contribution in [-0.4, -0.2) is 82.3 Å². The van der Waals surface area contributed by atoms with Gasteiger partial charge >= 0.3 is 5.97 Å². The van der Waals surface area contributed by atoms with Crippen LogP contribution >= 0.6 is 0 Å². The summed E-state index contributed by atoms with van der Waals surface area (Å²) in [4.78, 5) is 58.8. The maximum absolute atomic E-state index is 12.5. The number of nitrogens with two attached hydrogens (primary N) is 2. The van der Waals surface area contributed by atoms with Gasteiger partial charge in [-0.3, -0.25) is 19.2 Å². The molecule has 5 unspecified atom stereocenters. The Bertz CT molecular complexity index is 614. The van der Waals surface area contributed by atoms with Gasteiger partial charge in [-0.05, 0) is 5.92 Å². The molecule has 0 aromatic heterocycles. The van der Waals surface area contributed by atoms with Crippen molar-refractivity contribution in [1.29, 1.82) is 0 Å². The molecule has 166 valence electrons. The number of rotatable bonds is 13. The lowest BCUT2D eigenvalue weighted by Crippen LogP contribution is -2.59. The Morgan fingerprint density at radius 1 is 0.897 bits per heavy atom. The van der Waals surface area contributed by atoms with Crippen LogP contribution in [0, 0.1) is 5.92 Å². The Morgan fingerprint density at radius 3 is 1.86 bits per heavy atom. The third-order valence-corrected chi connectivity index (χ3v) is 4.16. The van der Waals surface area contributed by atoms with Gasteiger partial charge in [-0.15, -0.1) is 0 Å². The number of hydrogen-bond donors (Lipinski definition) is 8. The highest BCUT2D eigenvalue weighted by atomic mass is 16.4. The second-order valence-corrected chi connectivity index (χ2v) is 6.47. The van der Waals surface area contributed by atoms with Crippen LogP contribution in [-0.2, 0) is 24.0 Å². The minimum atomic E-state index is -1.58. The quantitative estimate of drug-likeness (QED) is 0.144. The predicted molar refractivity (Wildman–Crippen MR) is 98.8 cm³/mol. The van der Waals surface area contributed by atoms with E-state index in [-0.39, 0.29) is 0 Å². The van der Waals surface area contributed by atoms with Crippen LogP contribution in [0.4, 0.5) is 0 Å². The van der Waals surface area contributed by atoms with Crippen molar-refractivity contribution >= 4 is 29.6 Å². The predicted octanol–water partition coefficient (Wildman–Crippen LogP) is -4.24. The molecule has 0 aliphatic rings. The van der Waals surface area contributed by atoms with Crippen molar-refractivity contribution in [2.45, 2.75) is 50.9 Å². The maximum atomic E-state index is 12.5. The lowest BCUT2D eigenvalue weighted by molar-refractivity contribution is -0.144. The first kappa shape index (κ1) is 26.2. The summed E-state index contributed by atoms with van der Waals surface area (Å²) in [5.41, 5.74) is 10.3. The number of nitrogens with one attached hydrogen (secondary N) is 3. The van der Waals surface area contributed by atoms with Gasteiger partial charge in [0.2, 0.25) is 23.6 Å². The van der Waals surface area contributed by atoms with E-state index in [0.717, 1.165) is 0 Å². The number of amides is 4. The summed E-state index contributed by atoms with van der Waals surface area (Å²) in [6.45, 7) is 1.84. The fourth-order valence-electron chi connectivity index (χ4n) is 2.17. The summed E-state index contributed by atoms with van der Waals surface area (Å²) in [6, 6.07) is -5.57. The van der Waals surface area contributed by atoms with E-state index in [1.54, 1.807) is 13.8 Å². The van der Waals surface area contributed by atoms with E-state index in [2.05, 4.69) is 16.0 Å². The number of aliphatic hydroxyl groups is 2. The summed E-state index contributed by atoms with van der Waals surface area (Å²) in [6.07, 6.45) is -0.228. The third kappa shape index (κ3) is 8.85. The summed E-state index contributed by atoms with van der Waals surface area (Å²) in [5, 5.41) is 33.9. The molecule has 13 heteroatoms. The van der Waals surface area contributed by atoms with Crippen LogP contribution in [0.5, 0.6) is 0 Å². The molecule has 0 rings (SSSR count). The molecule has 0 aromatic carbocycles. The maximum Gasteiger partial charge on any atom is 0.326 e. The van der Waals surface area contributed by atoms with E-state index in [0.29, 0.717) is 6.42 Å². The first-order chi connectivity index (χ1) is 13.5. The van der Waals surface area contributed by atoms with Crippen LogP contribution in [0.2, 0.25) is 0 Å². The SMILES string of the molecule is CCC(C)C(NC(=O)C(CO)NC(=O)C(N)CO)C(=O)NC(CC(N)=O)C(=O)O. The molecule has 0 saturated heterocycles. The molecule has 10 N–H and O–H groups in total. The van der Waals surface area contributed by atoms with Gasteiger partial charge in [0.25, 0.3) is 0 Å². The van der Waals surface area contributed by atoms with Crippen molar-refractivity contribution < 1.29 is 39.3 Å². The zero-order valence-electron chi connectivity index (χ0n) is 16.3. The summed E-state index contributed by atoms with van der Waals surface area (Å²) in [5.74, 6) is -5.57. The fourth-order valence-corrected chi connectivity index (χ4v) is 2.17. The van der Waals surface area contributed by atoms with Gasteiger partial charge in [-0.2, -0.15) is 0 Å². The normalized spacial score (nSPS) is 15.9. The summed E-state index contributed by atoms with van der Waals surface area (Å²) in [7, 11) is 0. The van der Waals surface area contributed by atoms with Crippen molar-refractivity contribution in [3.63, 3.8) is 0 Å². The molecule has 0 spiro atoms. The average Bonchev–Trinajstić information content (AvgIpc) is 2.67. The van der Waals surface area contributed by atoms with Crippen LogP contribution in [0.15, 0.2) is 0 Å². The first-order valence-electron chi connectivity index (χ1n) is 8.87. The largest absolute Gasteiger partial charge is 0.480 e. The number of carboxylic acid groups (broad SMARTS) is 1. The number of hydrogen-bond acceptors (Lipinski definition) is 8. The molecule has 0 fully saturated rings. The van der Waals surface area contributed by atoms with Gasteiger partial charge in [0.1, 0.15) is 24.2 Å². The van der Waals surface area contributed by atoms with Crippen LogP contribution in [0.1, 0.15) is 26.7 Å². The highest BCUT2D eigenvalue weighted by Gasteiger charge is 2.32. The van der Waals surface area contributed by atoms with Crippen LogP contribution < -0.4 is 27.4 Å². The molecule has 0 saturated carbocycles. The fraction of sp³-hybridized carbons (Fsp3) is 0.688. The average molecular weight is 419 g/mol. The van der Waals surface area contributed by atoms with E-state index in [4.69, 9.17) is 21.7 Å². The summed E-state index contributed by atoms with van der Waals surface area (Å²) >= 11 is 0. The Balaban J connectivity index is 5.33. The van der Waals surface area contributed by atoms with E-state index in [1.165, 1.54) is 0 Å². The van der Waals surface area contributed by atoms with Gasteiger partial charge in [0.05, 0.1) is 19.6 Å². The number of carbonyl (C=O) groups is 5. The first-order valence-corrected chi connectivity index (χ1v) is 8.87. The zero-order valence-corrected chi connectivity index (χ0v) is 16.3. The highest BCUT2D eigenvalue weighted by Crippen LogP contribution is 2.09. The number of primary amides is 1. The Kier molecular flexibility index (Phi) is 11.4. The van der Waals surface area contributed by atoms with Gasteiger partial charge in [0, 0.05) is 0 Å². The molecule has 0 radical (unpaired) electrons. The molecule has 0 aliphatic carbocycles. The number of aliphatic hydroxyl groups excluding tert-OH is 2. The van der Waals surface area contributed by atoms with Crippen molar-refractivity contribution in [2.75, 3.05) is 13.2 Å². The molecule has 0 heterocycles. The molecule has 13 nitrogen and oxygen atoms in total. The summed E-state index contributed by atoms with van der Waals surface area (Å²) < 4.78 is 0.